The van der Waals surface area contributed by atoms with Gasteiger partial charge in [0.2, 0.25) is 0 Å². The van der Waals surface area contributed by atoms with Gasteiger partial charge in [-0.05, 0) is 49.4 Å². The van der Waals surface area contributed by atoms with Crippen LogP contribution in [0.4, 0.5) is 0 Å². The molecule has 14 heavy (non-hydrogen) atoms. The lowest BCUT2D eigenvalue weighted by atomic mass is 9.71. The fraction of sp³-hybridized carbons (Fsp3) is 0.692. The Morgan fingerprint density at radius 1 is 1.57 bits per heavy atom. The summed E-state index contributed by atoms with van der Waals surface area (Å²) in [4.78, 5) is 0. The number of rotatable bonds is 2. The van der Waals surface area contributed by atoms with Crippen molar-refractivity contribution in [3.63, 3.8) is 0 Å². The van der Waals surface area contributed by atoms with Crippen LogP contribution < -0.4 is 0 Å². The summed E-state index contributed by atoms with van der Waals surface area (Å²) in [7, 11) is 0. The zero-order chi connectivity index (χ0) is 9.76. The summed E-state index contributed by atoms with van der Waals surface area (Å²) in [6, 6.07) is 0. The van der Waals surface area contributed by atoms with E-state index in [1.165, 1.54) is 12.8 Å². The largest absolute Gasteiger partial charge is 0.389 e. The molecule has 0 radical (unpaired) electrons. The van der Waals surface area contributed by atoms with Gasteiger partial charge in [-0.3, -0.25) is 0 Å². The van der Waals surface area contributed by atoms with Gasteiger partial charge in [0.25, 0.3) is 0 Å². The van der Waals surface area contributed by atoms with E-state index in [1.54, 1.807) is 0 Å². The average molecular weight is 190 g/mol. The van der Waals surface area contributed by atoms with E-state index in [1.807, 2.05) is 6.08 Å². The third-order valence-electron chi connectivity index (χ3n) is 4.68. The second-order valence-corrected chi connectivity index (χ2v) is 5.31. The molecule has 3 aliphatic carbocycles. The minimum atomic E-state index is -0.403. The molecular weight excluding hydrogens is 172 g/mol. The molecule has 5 unspecified atom stereocenters. The smallest absolute Gasteiger partial charge is 0.0715 e. The highest BCUT2D eigenvalue weighted by Crippen LogP contribution is 2.61. The van der Waals surface area contributed by atoms with Crippen molar-refractivity contribution in [3.8, 4) is 0 Å². The van der Waals surface area contributed by atoms with E-state index in [4.69, 9.17) is 0 Å². The van der Waals surface area contributed by atoms with Crippen LogP contribution in [0.2, 0.25) is 0 Å². The molecule has 1 nitrogen and oxygen atoms in total. The maximum absolute atomic E-state index is 10.5. The Labute approximate surface area is 85.5 Å². The monoisotopic (exact) mass is 190 g/mol. The summed E-state index contributed by atoms with van der Waals surface area (Å²) in [5.74, 6) is 2.85. The minimum Gasteiger partial charge on any atom is -0.389 e. The van der Waals surface area contributed by atoms with Gasteiger partial charge >= 0.3 is 0 Å². The van der Waals surface area contributed by atoms with Crippen molar-refractivity contribution in [1.82, 2.24) is 0 Å². The molecule has 3 rings (SSSR count). The Kier molecular flexibility index (Phi) is 1.70. The second kappa shape index (κ2) is 2.73. The fourth-order valence-corrected chi connectivity index (χ4v) is 4.22. The molecule has 0 heterocycles. The first-order chi connectivity index (χ1) is 6.74. The molecule has 0 amide bonds. The van der Waals surface area contributed by atoms with Gasteiger partial charge in [-0.15, -0.1) is 6.58 Å². The Bertz CT molecular complexity index is 294. The number of allylic oxidation sites excluding steroid dienone is 2. The zero-order valence-corrected chi connectivity index (χ0v) is 8.52. The van der Waals surface area contributed by atoms with Gasteiger partial charge in [0.15, 0.2) is 0 Å². The van der Waals surface area contributed by atoms with Crippen molar-refractivity contribution in [1.29, 1.82) is 0 Å². The third-order valence-corrected chi connectivity index (χ3v) is 4.68. The van der Waals surface area contributed by atoms with Crippen LogP contribution in [0.1, 0.15) is 25.7 Å². The zero-order valence-electron chi connectivity index (χ0n) is 8.52. The molecule has 0 aromatic carbocycles. The molecule has 76 valence electrons. The summed E-state index contributed by atoms with van der Waals surface area (Å²) in [5.41, 5.74) is -0.403. The molecule has 3 aliphatic rings. The molecule has 0 spiro atoms. The van der Waals surface area contributed by atoms with Crippen molar-refractivity contribution in [3.05, 3.63) is 24.8 Å². The third kappa shape index (κ3) is 0.939. The van der Waals surface area contributed by atoms with Crippen molar-refractivity contribution in [2.24, 2.45) is 23.7 Å². The minimum absolute atomic E-state index is 0.403. The SMILES string of the molecule is C=CCC1(O)CC2CC1C1CC=CC21. The number of fused-ring (bicyclic) bond motifs is 5. The summed E-state index contributed by atoms with van der Waals surface area (Å²) in [5, 5.41) is 10.5. The van der Waals surface area contributed by atoms with E-state index in [0.717, 1.165) is 30.6 Å². The van der Waals surface area contributed by atoms with Crippen molar-refractivity contribution in [2.45, 2.75) is 31.3 Å². The second-order valence-electron chi connectivity index (χ2n) is 5.31. The number of hydrogen-bond acceptors (Lipinski definition) is 1. The first kappa shape index (κ1) is 8.72. The highest BCUT2D eigenvalue weighted by molar-refractivity contribution is 5.18. The average Bonchev–Trinajstić information content (AvgIpc) is 2.72. The van der Waals surface area contributed by atoms with E-state index in [0.29, 0.717) is 5.92 Å². The standard InChI is InChI=1S/C13H18O/c1-2-6-13(14)8-9-7-12(13)11-5-3-4-10(9)11/h2-4,9-12,14H,1,5-8H2. The van der Waals surface area contributed by atoms with Crippen LogP contribution >= 0.6 is 0 Å². The van der Waals surface area contributed by atoms with Gasteiger partial charge in [-0.2, -0.15) is 0 Å². The summed E-state index contributed by atoms with van der Waals surface area (Å²) < 4.78 is 0. The fourth-order valence-electron chi connectivity index (χ4n) is 4.22. The predicted molar refractivity (Wildman–Crippen MR) is 56.7 cm³/mol. The molecule has 1 N–H and O–H groups in total. The summed E-state index contributed by atoms with van der Waals surface area (Å²) >= 11 is 0. The van der Waals surface area contributed by atoms with E-state index < -0.39 is 5.60 Å². The maximum Gasteiger partial charge on any atom is 0.0715 e. The van der Waals surface area contributed by atoms with Crippen LogP contribution in [0, 0.1) is 23.7 Å². The van der Waals surface area contributed by atoms with Gasteiger partial charge < -0.3 is 5.11 Å². The molecule has 0 aromatic rings. The van der Waals surface area contributed by atoms with E-state index in [9.17, 15) is 5.11 Å². The van der Waals surface area contributed by atoms with Crippen LogP contribution in [-0.2, 0) is 0 Å². The number of hydrogen-bond donors (Lipinski definition) is 1. The first-order valence-electron chi connectivity index (χ1n) is 5.74. The lowest BCUT2D eigenvalue weighted by Crippen LogP contribution is -2.40. The van der Waals surface area contributed by atoms with Gasteiger partial charge in [-0.25, -0.2) is 0 Å². The van der Waals surface area contributed by atoms with Gasteiger partial charge in [0.05, 0.1) is 5.60 Å². The molecule has 0 saturated heterocycles. The van der Waals surface area contributed by atoms with Gasteiger partial charge in [-0.1, -0.05) is 18.2 Å². The Balaban J connectivity index is 1.87. The summed E-state index contributed by atoms with van der Waals surface area (Å²) in [6.07, 6.45) is 10.8. The van der Waals surface area contributed by atoms with Crippen LogP contribution in [0.3, 0.4) is 0 Å². The van der Waals surface area contributed by atoms with E-state index >= 15 is 0 Å². The molecule has 5 atom stereocenters. The van der Waals surface area contributed by atoms with Crippen LogP contribution in [0.25, 0.3) is 0 Å². The van der Waals surface area contributed by atoms with Crippen molar-refractivity contribution in [2.75, 3.05) is 0 Å². The molecule has 2 fully saturated rings. The maximum atomic E-state index is 10.5. The summed E-state index contributed by atoms with van der Waals surface area (Å²) in [6.45, 7) is 3.76. The molecule has 2 saturated carbocycles. The van der Waals surface area contributed by atoms with Gasteiger partial charge in [0.1, 0.15) is 0 Å². The van der Waals surface area contributed by atoms with Crippen molar-refractivity contribution < 1.29 is 5.11 Å². The normalized spacial score (nSPS) is 53.8. The van der Waals surface area contributed by atoms with Gasteiger partial charge in [0, 0.05) is 0 Å². The highest BCUT2D eigenvalue weighted by Gasteiger charge is 2.58. The predicted octanol–water partition coefficient (Wildman–Crippen LogP) is 2.53. The molecule has 0 aromatic heterocycles. The molecule has 1 heteroatoms. The van der Waals surface area contributed by atoms with E-state index in [-0.39, 0.29) is 0 Å². The van der Waals surface area contributed by atoms with E-state index in [2.05, 4.69) is 18.7 Å². The van der Waals surface area contributed by atoms with Crippen LogP contribution in [0.5, 0.6) is 0 Å². The quantitative estimate of drug-likeness (QED) is 0.663. The molecular formula is C13H18O. The number of aliphatic hydroxyl groups is 1. The molecule has 0 aliphatic heterocycles. The lowest BCUT2D eigenvalue weighted by molar-refractivity contribution is -0.0398. The van der Waals surface area contributed by atoms with Crippen molar-refractivity contribution >= 4 is 0 Å². The molecule has 2 bridgehead atoms. The highest BCUT2D eigenvalue weighted by atomic mass is 16.3. The Morgan fingerprint density at radius 3 is 3.21 bits per heavy atom. The Morgan fingerprint density at radius 2 is 2.43 bits per heavy atom. The topological polar surface area (TPSA) is 20.2 Å². The van der Waals surface area contributed by atoms with Crippen LogP contribution in [0.15, 0.2) is 24.8 Å². The first-order valence-corrected chi connectivity index (χ1v) is 5.74. The van der Waals surface area contributed by atoms with Crippen LogP contribution in [-0.4, -0.2) is 10.7 Å². The Hall–Kier alpha value is -0.560. The lowest BCUT2D eigenvalue weighted by Gasteiger charge is -2.38.